The van der Waals surface area contributed by atoms with E-state index in [0.29, 0.717) is 12.6 Å². The van der Waals surface area contributed by atoms with Crippen molar-refractivity contribution in [2.24, 2.45) is 5.73 Å². The van der Waals surface area contributed by atoms with Crippen LogP contribution in [0, 0.1) is 6.92 Å². The first kappa shape index (κ1) is 12.6. The largest absolute Gasteiger partial charge is 0.385 e. The molecule has 0 radical (unpaired) electrons. The Bertz CT molecular complexity index is 586. The number of hydrogen-bond donors (Lipinski definition) is 1. The molecule has 102 valence electrons. The Hall–Kier alpha value is -1.39. The van der Waals surface area contributed by atoms with Gasteiger partial charge in [-0.3, -0.25) is 0 Å². The number of hydrogen-bond acceptors (Lipinski definition) is 3. The van der Waals surface area contributed by atoms with E-state index in [0.717, 1.165) is 17.8 Å². The van der Waals surface area contributed by atoms with Crippen LogP contribution in [-0.4, -0.2) is 23.3 Å². The zero-order valence-corrected chi connectivity index (χ0v) is 11.6. The van der Waals surface area contributed by atoms with Crippen molar-refractivity contribution < 1.29 is 4.74 Å². The topological polar surface area (TPSA) is 53.1 Å². The summed E-state index contributed by atoms with van der Waals surface area (Å²) in [4.78, 5) is 4.77. The van der Waals surface area contributed by atoms with Gasteiger partial charge in [0.05, 0.1) is 17.1 Å². The molecule has 0 saturated heterocycles. The first-order valence-electron chi connectivity index (χ1n) is 6.93. The molecule has 0 aliphatic heterocycles. The zero-order valence-electron chi connectivity index (χ0n) is 11.6. The molecular formula is C15H21N3O. The third-order valence-corrected chi connectivity index (χ3v) is 3.75. The summed E-state index contributed by atoms with van der Waals surface area (Å²) >= 11 is 0. The van der Waals surface area contributed by atoms with Crippen molar-refractivity contribution in [1.29, 1.82) is 0 Å². The lowest BCUT2D eigenvalue weighted by Crippen LogP contribution is -2.18. The van der Waals surface area contributed by atoms with E-state index < -0.39 is 0 Å². The first-order chi connectivity index (χ1) is 9.20. The standard InChI is InChI=1S/C15H21N3O/c1-10-3-6-14-13(9-10)17-15(12(16)7-8-19-2)18(14)11-4-5-11/h3,6,9,11-12H,4-5,7-8,16H2,1-2H3. The number of rotatable bonds is 5. The number of nitrogens with two attached hydrogens (primary N) is 1. The second kappa shape index (κ2) is 4.94. The van der Waals surface area contributed by atoms with Crippen LogP contribution >= 0.6 is 0 Å². The van der Waals surface area contributed by atoms with Crippen LogP contribution in [0.3, 0.4) is 0 Å². The van der Waals surface area contributed by atoms with Gasteiger partial charge in [0.25, 0.3) is 0 Å². The van der Waals surface area contributed by atoms with Crippen LogP contribution in [0.15, 0.2) is 18.2 Å². The van der Waals surface area contributed by atoms with Gasteiger partial charge in [-0.25, -0.2) is 4.98 Å². The van der Waals surface area contributed by atoms with Crippen molar-refractivity contribution in [2.45, 2.75) is 38.3 Å². The van der Waals surface area contributed by atoms with Gasteiger partial charge in [0, 0.05) is 19.8 Å². The molecule has 0 spiro atoms. The van der Waals surface area contributed by atoms with E-state index in [2.05, 4.69) is 29.7 Å². The van der Waals surface area contributed by atoms with Gasteiger partial charge >= 0.3 is 0 Å². The summed E-state index contributed by atoms with van der Waals surface area (Å²) in [6.07, 6.45) is 3.29. The average Bonchev–Trinajstić information content (AvgIpc) is 3.16. The number of benzene rings is 1. The number of nitrogens with zero attached hydrogens (tertiary/aromatic N) is 2. The Balaban J connectivity index is 2.04. The van der Waals surface area contributed by atoms with E-state index in [1.165, 1.54) is 23.9 Å². The second-order valence-electron chi connectivity index (χ2n) is 5.45. The van der Waals surface area contributed by atoms with Gasteiger partial charge in [0.1, 0.15) is 5.82 Å². The lowest BCUT2D eigenvalue weighted by atomic mass is 10.2. The molecule has 2 N–H and O–H groups in total. The Kier molecular flexibility index (Phi) is 3.29. The van der Waals surface area contributed by atoms with E-state index in [9.17, 15) is 0 Å². The SMILES string of the molecule is COCCC(N)c1nc2cc(C)ccc2n1C1CC1. The summed E-state index contributed by atoms with van der Waals surface area (Å²) in [5, 5.41) is 0. The van der Waals surface area contributed by atoms with Crippen LogP contribution in [0.5, 0.6) is 0 Å². The van der Waals surface area contributed by atoms with Crippen LogP contribution in [-0.2, 0) is 4.74 Å². The Labute approximate surface area is 113 Å². The highest BCUT2D eigenvalue weighted by Gasteiger charge is 2.29. The van der Waals surface area contributed by atoms with E-state index in [1.807, 2.05) is 0 Å². The van der Waals surface area contributed by atoms with Crippen molar-refractivity contribution in [2.75, 3.05) is 13.7 Å². The maximum absolute atomic E-state index is 6.29. The molecular weight excluding hydrogens is 238 g/mol. The minimum Gasteiger partial charge on any atom is -0.385 e. The van der Waals surface area contributed by atoms with Gasteiger partial charge in [-0.2, -0.15) is 0 Å². The van der Waals surface area contributed by atoms with Crippen LogP contribution in [0.2, 0.25) is 0 Å². The van der Waals surface area contributed by atoms with Crippen molar-refractivity contribution in [1.82, 2.24) is 9.55 Å². The predicted molar refractivity (Wildman–Crippen MR) is 76.2 cm³/mol. The molecule has 1 aliphatic carbocycles. The number of ether oxygens (including phenoxy) is 1. The highest BCUT2D eigenvalue weighted by Crippen LogP contribution is 2.40. The number of aromatic nitrogens is 2. The minimum absolute atomic E-state index is 0.0479. The minimum atomic E-state index is -0.0479. The van der Waals surface area contributed by atoms with Crippen LogP contribution in [0.4, 0.5) is 0 Å². The number of fused-ring (bicyclic) bond motifs is 1. The van der Waals surface area contributed by atoms with E-state index in [1.54, 1.807) is 7.11 Å². The maximum Gasteiger partial charge on any atom is 0.127 e. The molecule has 4 heteroatoms. The molecule has 1 aliphatic rings. The van der Waals surface area contributed by atoms with Gasteiger partial charge < -0.3 is 15.0 Å². The molecule has 19 heavy (non-hydrogen) atoms. The predicted octanol–water partition coefficient (Wildman–Crippen LogP) is 2.72. The number of aryl methyl sites for hydroxylation is 1. The molecule has 1 aromatic carbocycles. The molecule has 1 fully saturated rings. The van der Waals surface area contributed by atoms with Crippen molar-refractivity contribution in [3.05, 3.63) is 29.6 Å². The molecule has 2 aromatic rings. The Morgan fingerprint density at radius 2 is 2.26 bits per heavy atom. The quantitative estimate of drug-likeness (QED) is 0.898. The van der Waals surface area contributed by atoms with E-state index >= 15 is 0 Å². The number of methoxy groups -OCH3 is 1. The summed E-state index contributed by atoms with van der Waals surface area (Å²) in [7, 11) is 1.71. The van der Waals surface area contributed by atoms with Crippen LogP contribution in [0.1, 0.15) is 42.7 Å². The maximum atomic E-state index is 6.29. The molecule has 0 amide bonds. The van der Waals surface area contributed by atoms with Crippen molar-refractivity contribution in [3.63, 3.8) is 0 Å². The smallest absolute Gasteiger partial charge is 0.127 e. The fraction of sp³-hybridized carbons (Fsp3) is 0.533. The summed E-state index contributed by atoms with van der Waals surface area (Å²) < 4.78 is 7.47. The first-order valence-corrected chi connectivity index (χ1v) is 6.93. The molecule has 3 rings (SSSR count). The third kappa shape index (κ3) is 2.38. The van der Waals surface area contributed by atoms with Crippen molar-refractivity contribution >= 4 is 11.0 Å². The Morgan fingerprint density at radius 1 is 1.47 bits per heavy atom. The highest BCUT2D eigenvalue weighted by molar-refractivity contribution is 5.77. The zero-order chi connectivity index (χ0) is 13.4. The van der Waals surface area contributed by atoms with Gasteiger partial charge in [0.15, 0.2) is 0 Å². The molecule has 1 atom stereocenters. The Morgan fingerprint density at radius 3 is 2.95 bits per heavy atom. The summed E-state index contributed by atoms with van der Waals surface area (Å²) in [5.74, 6) is 1.01. The third-order valence-electron chi connectivity index (χ3n) is 3.75. The summed E-state index contributed by atoms with van der Waals surface area (Å²) in [6.45, 7) is 2.77. The van der Waals surface area contributed by atoms with E-state index in [4.69, 9.17) is 15.5 Å². The molecule has 0 bridgehead atoms. The molecule has 1 unspecified atom stereocenters. The summed E-state index contributed by atoms with van der Waals surface area (Å²) in [6, 6.07) is 7.00. The lowest BCUT2D eigenvalue weighted by Gasteiger charge is -2.13. The molecule has 1 saturated carbocycles. The second-order valence-corrected chi connectivity index (χ2v) is 5.45. The number of imidazole rings is 1. The summed E-state index contributed by atoms with van der Waals surface area (Å²) in [5.41, 5.74) is 9.81. The van der Waals surface area contributed by atoms with Gasteiger partial charge in [0.2, 0.25) is 0 Å². The lowest BCUT2D eigenvalue weighted by molar-refractivity contribution is 0.186. The average molecular weight is 259 g/mol. The van der Waals surface area contributed by atoms with E-state index in [-0.39, 0.29) is 6.04 Å². The fourth-order valence-corrected chi connectivity index (χ4v) is 2.58. The fourth-order valence-electron chi connectivity index (χ4n) is 2.58. The van der Waals surface area contributed by atoms with Crippen LogP contribution < -0.4 is 5.73 Å². The normalized spacial score (nSPS) is 17.0. The molecule has 4 nitrogen and oxygen atoms in total. The highest BCUT2D eigenvalue weighted by atomic mass is 16.5. The van der Waals surface area contributed by atoms with Crippen LogP contribution in [0.25, 0.3) is 11.0 Å². The van der Waals surface area contributed by atoms with Gasteiger partial charge in [-0.05, 0) is 43.9 Å². The monoisotopic (exact) mass is 259 g/mol. The molecule has 1 heterocycles. The molecule has 1 aromatic heterocycles. The van der Waals surface area contributed by atoms with Gasteiger partial charge in [-0.15, -0.1) is 0 Å². The van der Waals surface area contributed by atoms with Gasteiger partial charge in [-0.1, -0.05) is 6.07 Å². The van der Waals surface area contributed by atoms with Crippen molar-refractivity contribution in [3.8, 4) is 0 Å².